The van der Waals surface area contributed by atoms with E-state index in [1.165, 1.54) is 4.57 Å². The molecule has 0 aliphatic heterocycles. The summed E-state index contributed by atoms with van der Waals surface area (Å²) in [7, 11) is 1.60. The average Bonchev–Trinajstić information content (AvgIpc) is 3.25. The Balaban J connectivity index is 1.86. The molecule has 0 saturated carbocycles. The summed E-state index contributed by atoms with van der Waals surface area (Å²) < 4.78 is 5.19. The molecule has 0 bridgehead atoms. The summed E-state index contributed by atoms with van der Waals surface area (Å²) in [5.74, 6) is 0.615. The minimum Gasteiger partial charge on any atom is -0.305 e. The second-order valence-electron chi connectivity index (χ2n) is 6.72. The molecule has 0 fully saturated rings. The lowest BCUT2D eigenvalue weighted by molar-refractivity contribution is 0.817. The zero-order valence-corrected chi connectivity index (χ0v) is 15.2. The standard InChI is InChI=1S/C21H17N5O2/c1-24-18-17(19(27)23-21(24)28)26-13-16(15-10-6-3-7-11-15)25(20(26)22-18)12-14-8-4-2-5-9-14/h2-11,13H,12H2,1H3,(H,23,27,28). The van der Waals surface area contributed by atoms with Gasteiger partial charge in [0.25, 0.3) is 5.56 Å². The average molecular weight is 371 g/mol. The molecule has 0 radical (unpaired) electrons. The Kier molecular flexibility index (Phi) is 3.55. The van der Waals surface area contributed by atoms with E-state index in [2.05, 4.69) is 26.7 Å². The van der Waals surface area contributed by atoms with Crippen LogP contribution < -0.4 is 11.2 Å². The van der Waals surface area contributed by atoms with E-state index in [1.807, 2.05) is 54.7 Å². The van der Waals surface area contributed by atoms with Gasteiger partial charge in [-0.05, 0) is 11.1 Å². The summed E-state index contributed by atoms with van der Waals surface area (Å²) in [5, 5.41) is 0. The van der Waals surface area contributed by atoms with E-state index in [1.54, 1.807) is 11.4 Å². The molecule has 5 rings (SSSR count). The molecule has 2 aromatic carbocycles. The number of fused-ring (bicyclic) bond motifs is 3. The van der Waals surface area contributed by atoms with Crippen LogP contribution in [0.25, 0.3) is 28.2 Å². The van der Waals surface area contributed by atoms with Gasteiger partial charge >= 0.3 is 5.69 Å². The van der Waals surface area contributed by atoms with Gasteiger partial charge in [0, 0.05) is 13.2 Å². The van der Waals surface area contributed by atoms with Gasteiger partial charge in [0.05, 0.1) is 12.2 Å². The van der Waals surface area contributed by atoms with Crippen LogP contribution in [0.15, 0.2) is 76.4 Å². The zero-order valence-electron chi connectivity index (χ0n) is 15.2. The monoisotopic (exact) mass is 371 g/mol. The highest BCUT2D eigenvalue weighted by atomic mass is 16.2. The lowest BCUT2D eigenvalue weighted by Crippen LogP contribution is -2.28. The van der Waals surface area contributed by atoms with Crippen LogP contribution in [-0.4, -0.2) is 23.5 Å². The van der Waals surface area contributed by atoms with Crippen LogP contribution in [-0.2, 0) is 13.6 Å². The molecule has 0 aliphatic rings. The highest BCUT2D eigenvalue weighted by molar-refractivity contribution is 5.78. The summed E-state index contributed by atoms with van der Waals surface area (Å²) in [6.07, 6.45) is 1.91. The van der Waals surface area contributed by atoms with Crippen molar-refractivity contribution in [2.45, 2.75) is 6.54 Å². The number of nitrogens with zero attached hydrogens (tertiary/aromatic N) is 4. The molecular weight excluding hydrogens is 354 g/mol. The molecule has 3 aromatic heterocycles. The third kappa shape index (κ3) is 2.40. The van der Waals surface area contributed by atoms with E-state index in [0.717, 1.165) is 16.8 Å². The quantitative estimate of drug-likeness (QED) is 0.529. The molecule has 0 amide bonds. The summed E-state index contributed by atoms with van der Waals surface area (Å²) in [5.41, 5.74) is 2.90. The smallest absolute Gasteiger partial charge is 0.305 e. The van der Waals surface area contributed by atoms with Crippen LogP contribution >= 0.6 is 0 Å². The van der Waals surface area contributed by atoms with Crippen molar-refractivity contribution in [2.24, 2.45) is 7.05 Å². The molecule has 28 heavy (non-hydrogen) atoms. The Morgan fingerprint density at radius 1 is 0.964 bits per heavy atom. The Hall–Kier alpha value is -3.87. The van der Waals surface area contributed by atoms with Crippen molar-refractivity contribution in [3.8, 4) is 11.3 Å². The maximum Gasteiger partial charge on any atom is 0.329 e. The fourth-order valence-corrected chi connectivity index (χ4v) is 3.56. The molecular formula is C21H17N5O2. The maximum atomic E-state index is 12.5. The first-order chi connectivity index (χ1) is 13.6. The number of benzene rings is 2. The SMILES string of the molecule is Cn1c(=O)[nH]c(=O)c2c1nc1n(Cc3ccccc3)c(-c3ccccc3)cn21. The second kappa shape index (κ2) is 6.09. The van der Waals surface area contributed by atoms with E-state index in [-0.39, 0.29) is 0 Å². The van der Waals surface area contributed by atoms with Crippen molar-refractivity contribution >= 4 is 16.9 Å². The van der Waals surface area contributed by atoms with E-state index in [0.29, 0.717) is 23.5 Å². The Bertz CT molecular complexity index is 1420. The zero-order chi connectivity index (χ0) is 19.3. The van der Waals surface area contributed by atoms with E-state index in [4.69, 9.17) is 0 Å². The highest BCUT2D eigenvalue weighted by Crippen LogP contribution is 2.26. The number of nitrogens with one attached hydrogen (secondary N) is 1. The van der Waals surface area contributed by atoms with Crippen molar-refractivity contribution in [3.05, 3.63) is 93.3 Å². The van der Waals surface area contributed by atoms with E-state index >= 15 is 0 Å². The maximum absolute atomic E-state index is 12.5. The number of hydrogen-bond donors (Lipinski definition) is 1. The summed E-state index contributed by atoms with van der Waals surface area (Å²) in [4.78, 5) is 31.5. The topological polar surface area (TPSA) is 77.1 Å². The summed E-state index contributed by atoms with van der Waals surface area (Å²) in [6, 6.07) is 20.0. The van der Waals surface area contributed by atoms with Gasteiger partial charge in [-0.25, -0.2) is 4.79 Å². The Morgan fingerprint density at radius 3 is 2.36 bits per heavy atom. The minimum atomic E-state index is -0.476. The first kappa shape index (κ1) is 16.3. The number of H-pyrrole nitrogens is 1. The molecule has 3 heterocycles. The van der Waals surface area contributed by atoms with Crippen LogP contribution in [0.5, 0.6) is 0 Å². The van der Waals surface area contributed by atoms with E-state index < -0.39 is 11.2 Å². The Labute approximate surface area is 159 Å². The highest BCUT2D eigenvalue weighted by Gasteiger charge is 2.19. The van der Waals surface area contributed by atoms with Gasteiger partial charge in [-0.15, -0.1) is 0 Å². The van der Waals surface area contributed by atoms with Crippen molar-refractivity contribution in [3.63, 3.8) is 0 Å². The molecule has 138 valence electrons. The van der Waals surface area contributed by atoms with Gasteiger partial charge < -0.3 is 4.57 Å². The van der Waals surface area contributed by atoms with Gasteiger partial charge in [-0.2, -0.15) is 4.98 Å². The first-order valence-electron chi connectivity index (χ1n) is 8.93. The van der Waals surface area contributed by atoms with Crippen molar-refractivity contribution in [2.75, 3.05) is 0 Å². The molecule has 5 aromatic rings. The third-order valence-corrected chi connectivity index (χ3v) is 4.97. The van der Waals surface area contributed by atoms with Crippen LogP contribution in [0.3, 0.4) is 0 Å². The first-order valence-corrected chi connectivity index (χ1v) is 8.93. The normalized spacial score (nSPS) is 11.5. The molecule has 0 saturated heterocycles. The summed E-state index contributed by atoms with van der Waals surface area (Å²) in [6.45, 7) is 0.594. The third-order valence-electron chi connectivity index (χ3n) is 4.97. The van der Waals surface area contributed by atoms with Crippen molar-refractivity contribution < 1.29 is 0 Å². The van der Waals surface area contributed by atoms with Gasteiger partial charge in [0.2, 0.25) is 5.78 Å². The van der Waals surface area contributed by atoms with Crippen LogP contribution in [0, 0.1) is 0 Å². The minimum absolute atomic E-state index is 0.362. The van der Waals surface area contributed by atoms with Crippen LogP contribution in [0.2, 0.25) is 0 Å². The molecule has 7 nitrogen and oxygen atoms in total. The van der Waals surface area contributed by atoms with Gasteiger partial charge in [-0.1, -0.05) is 60.7 Å². The lowest BCUT2D eigenvalue weighted by atomic mass is 10.1. The predicted octanol–water partition coefficient (Wildman–Crippen LogP) is 2.39. The number of rotatable bonds is 3. The molecule has 1 N–H and O–H groups in total. The van der Waals surface area contributed by atoms with Crippen molar-refractivity contribution in [1.82, 2.24) is 23.5 Å². The van der Waals surface area contributed by atoms with Gasteiger partial charge in [0.1, 0.15) is 0 Å². The number of hydrogen-bond acceptors (Lipinski definition) is 3. The summed E-state index contributed by atoms with van der Waals surface area (Å²) >= 11 is 0. The van der Waals surface area contributed by atoms with Gasteiger partial charge in [0.15, 0.2) is 11.2 Å². The molecule has 7 heteroatoms. The predicted molar refractivity (Wildman–Crippen MR) is 108 cm³/mol. The molecule has 0 unspecified atom stereocenters. The molecule has 0 spiro atoms. The fraction of sp³-hybridized carbons (Fsp3) is 0.0952. The largest absolute Gasteiger partial charge is 0.329 e. The van der Waals surface area contributed by atoms with E-state index in [9.17, 15) is 9.59 Å². The lowest BCUT2D eigenvalue weighted by Gasteiger charge is -2.09. The molecule has 0 atom stereocenters. The Morgan fingerprint density at radius 2 is 1.64 bits per heavy atom. The van der Waals surface area contributed by atoms with Crippen LogP contribution in [0.4, 0.5) is 0 Å². The van der Waals surface area contributed by atoms with Crippen molar-refractivity contribution in [1.29, 1.82) is 0 Å². The fourth-order valence-electron chi connectivity index (χ4n) is 3.56. The van der Waals surface area contributed by atoms with Gasteiger partial charge in [-0.3, -0.25) is 18.7 Å². The number of aromatic amines is 1. The number of aryl methyl sites for hydroxylation is 1. The van der Waals surface area contributed by atoms with Crippen LogP contribution in [0.1, 0.15) is 5.56 Å². The number of imidazole rings is 2. The number of aromatic nitrogens is 5. The second-order valence-corrected chi connectivity index (χ2v) is 6.72. The molecule has 0 aliphatic carbocycles.